The summed E-state index contributed by atoms with van der Waals surface area (Å²) in [4.78, 5) is 38.5. The highest BCUT2D eigenvalue weighted by Crippen LogP contribution is 2.23. The molecule has 2 aromatic carbocycles. The van der Waals surface area contributed by atoms with Crippen LogP contribution in [0.4, 0.5) is 0 Å². The van der Waals surface area contributed by atoms with Gasteiger partial charge in [-0.3, -0.25) is 14.4 Å². The summed E-state index contributed by atoms with van der Waals surface area (Å²) in [5, 5.41) is 2.91. The predicted molar refractivity (Wildman–Crippen MR) is 120 cm³/mol. The number of nitrogens with zero attached hydrogens (tertiary/aromatic N) is 1. The van der Waals surface area contributed by atoms with Gasteiger partial charge in [0, 0.05) is 44.5 Å². The van der Waals surface area contributed by atoms with Gasteiger partial charge in [0.1, 0.15) is 0 Å². The van der Waals surface area contributed by atoms with Crippen LogP contribution in [0, 0.1) is 0 Å². The van der Waals surface area contributed by atoms with Crippen LogP contribution in [-0.2, 0) is 35.5 Å². The van der Waals surface area contributed by atoms with Crippen molar-refractivity contribution in [3.63, 3.8) is 0 Å². The molecule has 1 N–H and O–H groups in total. The van der Waals surface area contributed by atoms with Gasteiger partial charge in [-0.25, -0.2) is 0 Å². The Hall–Kier alpha value is -2.95. The Morgan fingerprint density at radius 1 is 0.871 bits per heavy atom. The van der Waals surface area contributed by atoms with Crippen molar-refractivity contribution >= 4 is 17.6 Å². The van der Waals surface area contributed by atoms with Crippen LogP contribution < -0.4 is 5.32 Å². The van der Waals surface area contributed by atoms with Crippen molar-refractivity contribution in [1.29, 1.82) is 0 Å². The van der Waals surface area contributed by atoms with E-state index in [0.717, 1.165) is 42.5 Å². The molecule has 0 atom stereocenters. The number of amides is 2. The molecule has 0 spiro atoms. The number of carbonyl (C=O) groups excluding carboxylic acids is 3. The summed E-state index contributed by atoms with van der Waals surface area (Å²) in [5.41, 5.74) is 5.44. The molecule has 0 aromatic heterocycles. The molecule has 1 aliphatic carbocycles. The molecule has 2 aliphatic rings. The second-order valence-corrected chi connectivity index (χ2v) is 8.63. The number of benzene rings is 2. The third-order valence-corrected chi connectivity index (χ3v) is 6.28. The molecule has 5 heteroatoms. The lowest BCUT2D eigenvalue weighted by Gasteiger charge is -2.16. The molecular formula is C26H30N2O3. The van der Waals surface area contributed by atoms with Gasteiger partial charge in [0.05, 0.1) is 0 Å². The lowest BCUT2D eigenvalue weighted by Crippen LogP contribution is -2.25. The molecule has 1 heterocycles. The van der Waals surface area contributed by atoms with Gasteiger partial charge in [-0.05, 0) is 60.4 Å². The maximum atomic E-state index is 12.5. The number of hydrogen-bond acceptors (Lipinski definition) is 3. The number of nitrogens with one attached hydrogen (secondary N) is 1. The standard InChI is InChI=1S/C26H30N2O3/c29-24(23-11-10-21-7-1-2-8-22(21)16-23)12-13-25(30)27-17-19-5-3-6-20(15-19)18-28-14-4-9-26(28)31/h3,5-6,10-11,15-16H,1-2,4,7-9,12-14,17-18H2,(H,27,30). The minimum absolute atomic E-state index is 0.0285. The summed E-state index contributed by atoms with van der Waals surface area (Å²) >= 11 is 0. The third kappa shape index (κ3) is 5.60. The fraction of sp³-hybridized carbons (Fsp3) is 0.423. The SMILES string of the molecule is O=C(CCC(=O)c1ccc2c(c1)CCCC2)NCc1cccc(CN2CCCC2=O)c1. The number of Topliss-reactive ketones (excluding diaryl/α,β-unsaturated/α-hetero) is 1. The Labute approximate surface area is 183 Å². The van der Waals surface area contributed by atoms with Crippen LogP contribution in [-0.4, -0.2) is 29.0 Å². The molecule has 1 saturated heterocycles. The minimum atomic E-state index is -0.119. The smallest absolute Gasteiger partial charge is 0.222 e. The predicted octanol–water partition coefficient (Wildman–Crippen LogP) is 3.97. The molecule has 0 radical (unpaired) electrons. The first-order valence-electron chi connectivity index (χ1n) is 11.4. The highest BCUT2D eigenvalue weighted by molar-refractivity contribution is 5.98. The zero-order valence-corrected chi connectivity index (χ0v) is 18.0. The van der Waals surface area contributed by atoms with Gasteiger partial charge >= 0.3 is 0 Å². The fourth-order valence-electron chi connectivity index (χ4n) is 4.50. The van der Waals surface area contributed by atoms with Crippen molar-refractivity contribution in [3.05, 3.63) is 70.3 Å². The van der Waals surface area contributed by atoms with Gasteiger partial charge in [0.15, 0.2) is 5.78 Å². The summed E-state index contributed by atoms with van der Waals surface area (Å²) in [7, 11) is 0. The maximum Gasteiger partial charge on any atom is 0.222 e. The number of carbonyl (C=O) groups is 3. The topological polar surface area (TPSA) is 66.5 Å². The summed E-state index contributed by atoms with van der Waals surface area (Å²) in [5.74, 6) is 0.120. The van der Waals surface area contributed by atoms with Crippen molar-refractivity contribution in [2.24, 2.45) is 0 Å². The number of likely N-dealkylation sites (tertiary alicyclic amines) is 1. The Morgan fingerprint density at radius 3 is 2.48 bits per heavy atom. The molecule has 1 fully saturated rings. The van der Waals surface area contributed by atoms with Crippen LogP contribution in [0.2, 0.25) is 0 Å². The van der Waals surface area contributed by atoms with E-state index in [0.29, 0.717) is 19.5 Å². The van der Waals surface area contributed by atoms with Crippen molar-refractivity contribution in [2.45, 2.75) is 64.5 Å². The highest BCUT2D eigenvalue weighted by atomic mass is 16.2. The molecule has 1 aliphatic heterocycles. The minimum Gasteiger partial charge on any atom is -0.352 e. The fourth-order valence-corrected chi connectivity index (χ4v) is 4.50. The van der Waals surface area contributed by atoms with Crippen molar-refractivity contribution in [1.82, 2.24) is 10.2 Å². The molecule has 0 saturated carbocycles. The normalized spacial score (nSPS) is 15.6. The van der Waals surface area contributed by atoms with Crippen LogP contribution in [0.25, 0.3) is 0 Å². The zero-order chi connectivity index (χ0) is 21.6. The van der Waals surface area contributed by atoms with Gasteiger partial charge in [0.2, 0.25) is 11.8 Å². The first-order valence-corrected chi connectivity index (χ1v) is 11.4. The van der Waals surface area contributed by atoms with Crippen LogP contribution >= 0.6 is 0 Å². The quantitative estimate of drug-likeness (QED) is 0.660. The molecule has 2 aromatic rings. The number of aryl methyl sites for hydroxylation is 2. The summed E-state index contributed by atoms with van der Waals surface area (Å²) < 4.78 is 0. The van der Waals surface area contributed by atoms with E-state index in [9.17, 15) is 14.4 Å². The van der Waals surface area contributed by atoms with E-state index in [-0.39, 0.29) is 30.4 Å². The Bertz CT molecular complexity index is 982. The van der Waals surface area contributed by atoms with Crippen molar-refractivity contribution in [3.8, 4) is 0 Å². The second kappa shape index (κ2) is 9.90. The number of ketones is 1. The van der Waals surface area contributed by atoms with E-state index < -0.39 is 0 Å². The molecule has 0 unspecified atom stereocenters. The van der Waals surface area contributed by atoms with Crippen LogP contribution in [0.1, 0.15) is 71.1 Å². The van der Waals surface area contributed by atoms with Crippen LogP contribution in [0.3, 0.4) is 0 Å². The van der Waals surface area contributed by atoms with Gasteiger partial charge in [0.25, 0.3) is 0 Å². The van der Waals surface area contributed by atoms with Gasteiger partial charge in [-0.15, -0.1) is 0 Å². The molecular weight excluding hydrogens is 388 g/mol. The van der Waals surface area contributed by atoms with E-state index in [1.54, 1.807) is 0 Å². The van der Waals surface area contributed by atoms with Crippen LogP contribution in [0.5, 0.6) is 0 Å². The van der Waals surface area contributed by atoms with E-state index in [1.165, 1.54) is 24.0 Å². The third-order valence-electron chi connectivity index (χ3n) is 6.28. The zero-order valence-electron chi connectivity index (χ0n) is 18.0. The van der Waals surface area contributed by atoms with Crippen molar-refractivity contribution < 1.29 is 14.4 Å². The summed E-state index contributed by atoms with van der Waals surface area (Å²) in [6.07, 6.45) is 6.53. The molecule has 162 valence electrons. The Kier molecular flexibility index (Phi) is 6.80. The maximum absolute atomic E-state index is 12.5. The number of fused-ring (bicyclic) bond motifs is 1. The largest absolute Gasteiger partial charge is 0.352 e. The highest BCUT2D eigenvalue weighted by Gasteiger charge is 2.20. The van der Waals surface area contributed by atoms with E-state index in [4.69, 9.17) is 0 Å². The van der Waals surface area contributed by atoms with Crippen LogP contribution in [0.15, 0.2) is 42.5 Å². The second-order valence-electron chi connectivity index (χ2n) is 8.63. The average molecular weight is 419 g/mol. The van der Waals surface area contributed by atoms with Gasteiger partial charge in [-0.1, -0.05) is 36.4 Å². The molecule has 5 nitrogen and oxygen atoms in total. The molecule has 4 rings (SSSR count). The lowest BCUT2D eigenvalue weighted by atomic mass is 9.89. The van der Waals surface area contributed by atoms with E-state index in [2.05, 4.69) is 11.4 Å². The molecule has 31 heavy (non-hydrogen) atoms. The monoisotopic (exact) mass is 418 g/mol. The van der Waals surface area contributed by atoms with Crippen molar-refractivity contribution in [2.75, 3.05) is 6.54 Å². The van der Waals surface area contributed by atoms with E-state index in [1.807, 2.05) is 41.3 Å². The van der Waals surface area contributed by atoms with Gasteiger partial charge in [-0.2, -0.15) is 0 Å². The molecule has 0 bridgehead atoms. The Balaban J connectivity index is 1.24. The van der Waals surface area contributed by atoms with E-state index >= 15 is 0 Å². The lowest BCUT2D eigenvalue weighted by molar-refractivity contribution is -0.128. The van der Waals surface area contributed by atoms with Gasteiger partial charge < -0.3 is 10.2 Å². The Morgan fingerprint density at radius 2 is 1.68 bits per heavy atom. The summed E-state index contributed by atoms with van der Waals surface area (Å²) in [6, 6.07) is 14.0. The number of hydrogen-bond donors (Lipinski definition) is 1. The first kappa shape index (κ1) is 21.3. The average Bonchev–Trinajstić information content (AvgIpc) is 3.20. The summed E-state index contributed by atoms with van der Waals surface area (Å²) in [6.45, 7) is 1.86. The molecule has 2 amide bonds. The first-order chi connectivity index (χ1) is 15.1. The number of rotatable bonds is 8.